The summed E-state index contributed by atoms with van der Waals surface area (Å²) in [4.78, 5) is 28.7. The molecule has 5 nitrogen and oxygen atoms in total. The first-order valence-electron chi connectivity index (χ1n) is 8.59. The van der Waals surface area contributed by atoms with Crippen molar-refractivity contribution in [1.29, 1.82) is 0 Å². The third kappa shape index (κ3) is 4.31. The first-order chi connectivity index (χ1) is 11.7. The van der Waals surface area contributed by atoms with Crippen LogP contribution in [0.5, 0.6) is 0 Å². The summed E-state index contributed by atoms with van der Waals surface area (Å²) in [5, 5.41) is 5.81. The van der Waals surface area contributed by atoms with Gasteiger partial charge in [0.25, 0.3) is 0 Å². The molecule has 1 aromatic rings. The number of rotatable bonds is 4. The molecule has 0 bridgehead atoms. The molecule has 1 aromatic heterocycles. The van der Waals surface area contributed by atoms with Crippen molar-refractivity contribution in [2.45, 2.75) is 38.5 Å². The maximum absolute atomic E-state index is 12.3. The number of aromatic nitrogens is 1. The number of amides is 2. The highest BCUT2D eigenvalue weighted by Crippen LogP contribution is 2.23. The van der Waals surface area contributed by atoms with E-state index in [-0.39, 0.29) is 23.7 Å². The second kappa shape index (κ2) is 7.90. The average Bonchev–Trinajstić information content (AvgIpc) is 2.63. The number of carbonyl (C=O) groups is 2. The molecule has 3 rings (SSSR count). The summed E-state index contributed by atoms with van der Waals surface area (Å²) in [6, 6.07) is 1.76. The molecule has 0 aromatic carbocycles. The molecule has 0 fully saturated rings. The average molecular weight is 325 g/mol. The zero-order valence-electron chi connectivity index (χ0n) is 13.7. The predicted octanol–water partition coefficient (Wildman–Crippen LogP) is 3.67. The molecule has 5 heteroatoms. The molecule has 0 radical (unpaired) electrons. The lowest BCUT2D eigenvalue weighted by molar-refractivity contribution is -0.120. The van der Waals surface area contributed by atoms with E-state index in [1.165, 1.54) is 0 Å². The number of pyridine rings is 1. The first kappa shape index (κ1) is 16.4. The van der Waals surface area contributed by atoms with Crippen LogP contribution in [0.2, 0.25) is 0 Å². The molecular formula is C19H23N3O2. The van der Waals surface area contributed by atoms with Crippen LogP contribution in [-0.4, -0.2) is 16.8 Å². The summed E-state index contributed by atoms with van der Waals surface area (Å²) >= 11 is 0. The van der Waals surface area contributed by atoms with Crippen LogP contribution >= 0.6 is 0 Å². The fraction of sp³-hybridized carbons (Fsp3) is 0.421. The number of nitrogens with zero attached hydrogens (tertiary/aromatic N) is 1. The van der Waals surface area contributed by atoms with Gasteiger partial charge in [-0.25, -0.2) is 0 Å². The summed E-state index contributed by atoms with van der Waals surface area (Å²) in [5.74, 6) is 0.0636. The lowest BCUT2D eigenvalue weighted by Gasteiger charge is -2.18. The molecule has 0 aliphatic heterocycles. The van der Waals surface area contributed by atoms with Gasteiger partial charge < -0.3 is 10.6 Å². The van der Waals surface area contributed by atoms with E-state index < -0.39 is 0 Å². The van der Waals surface area contributed by atoms with Crippen LogP contribution in [-0.2, 0) is 9.59 Å². The molecule has 2 aliphatic rings. The maximum atomic E-state index is 12.3. The van der Waals surface area contributed by atoms with Crippen LogP contribution in [0.3, 0.4) is 0 Å². The Labute approximate surface area is 142 Å². The van der Waals surface area contributed by atoms with Crippen LogP contribution in [0.25, 0.3) is 0 Å². The molecule has 2 atom stereocenters. The van der Waals surface area contributed by atoms with Crippen molar-refractivity contribution in [3.8, 4) is 0 Å². The predicted molar refractivity (Wildman–Crippen MR) is 94.5 cm³/mol. The standard InChI is InChI=1S/C19H23N3O2/c23-18(14-7-3-1-4-8-14)21-16-11-17(13-20-12-16)22-19(24)15-9-5-2-6-10-15/h1-3,5,11-15H,4,6-10H2,(H,21,23)(H,22,24). The zero-order chi connectivity index (χ0) is 16.8. The van der Waals surface area contributed by atoms with Gasteiger partial charge in [-0.3, -0.25) is 14.6 Å². The minimum absolute atomic E-state index is 0.0158. The Kier molecular flexibility index (Phi) is 5.41. The Balaban J connectivity index is 1.59. The van der Waals surface area contributed by atoms with Gasteiger partial charge in [-0.1, -0.05) is 24.3 Å². The van der Waals surface area contributed by atoms with Crippen LogP contribution in [0.1, 0.15) is 38.5 Å². The molecule has 0 saturated carbocycles. The lowest BCUT2D eigenvalue weighted by atomic mass is 9.93. The van der Waals surface area contributed by atoms with E-state index in [0.29, 0.717) is 11.4 Å². The Hall–Kier alpha value is -2.43. The van der Waals surface area contributed by atoms with Gasteiger partial charge in [-0.15, -0.1) is 0 Å². The van der Waals surface area contributed by atoms with Gasteiger partial charge >= 0.3 is 0 Å². The normalized spacial score (nSPS) is 22.8. The summed E-state index contributed by atoms with van der Waals surface area (Å²) in [6.07, 6.45) is 16.8. The van der Waals surface area contributed by atoms with Gasteiger partial charge in [0, 0.05) is 11.8 Å². The number of hydrogen-bond donors (Lipinski definition) is 2. The minimum atomic E-state index is 0.0158. The third-order valence-electron chi connectivity index (χ3n) is 4.55. The quantitative estimate of drug-likeness (QED) is 0.830. The second-order valence-electron chi connectivity index (χ2n) is 6.40. The maximum Gasteiger partial charge on any atom is 0.227 e. The van der Waals surface area contributed by atoms with Crippen molar-refractivity contribution in [1.82, 2.24) is 4.98 Å². The third-order valence-corrected chi connectivity index (χ3v) is 4.55. The molecule has 2 unspecified atom stereocenters. The SMILES string of the molecule is O=C(Nc1cncc(NC(=O)C2CC=CCC2)c1)C1CC=CCC1. The topological polar surface area (TPSA) is 71.1 Å². The molecule has 2 aliphatic carbocycles. The highest BCUT2D eigenvalue weighted by Gasteiger charge is 2.20. The molecule has 0 saturated heterocycles. The van der Waals surface area contributed by atoms with Crippen molar-refractivity contribution in [2.24, 2.45) is 11.8 Å². The fourth-order valence-electron chi connectivity index (χ4n) is 3.13. The fourth-order valence-corrected chi connectivity index (χ4v) is 3.13. The molecule has 126 valence electrons. The number of nitrogens with one attached hydrogen (secondary N) is 2. The van der Waals surface area contributed by atoms with Gasteiger partial charge in [0.1, 0.15) is 0 Å². The monoisotopic (exact) mass is 325 g/mol. The molecule has 0 spiro atoms. The van der Waals surface area contributed by atoms with E-state index in [0.717, 1.165) is 38.5 Å². The van der Waals surface area contributed by atoms with Gasteiger partial charge in [0.2, 0.25) is 11.8 Å². The molecular weight excluding hydrogens is 302 g/mol. The van der Waals surface area contributed by atoms with Crippen LogP contribution in [0.4, 0.5) is 11.4 Å². The number of allylic oxidation sites excluding steroid dienone is 4. The smallest absolute Gasteiger partial charge is 0.227 e. The molecule has 2 N–H and O–H groups in total. The van der Waals surface area contributed by atoms with E-state index in [4.69, 9.17) is 0 Å². The molecule has 2 amide bonds. The number of hydrogen-bond acceptors (Lipinski definition) is 3. The van der Waals surface area contributed by atoms with Crippen LogP contribution < -0.4 is 10.6 Å². The van der Waals surface area contributed by atoms with Crippen molar-refractivity contribution in [3.05, 3.63) is 42.8 Å². The molecule has 1 heterocycles. The first-order valence-corrected chi connectivity index (χ1v) is 8.59. The van der Waals surface area contributed by atoms with Gasteiger partial charge in [0.05, 0.1) is 23.8 Å². The zero-order valence-corrected chi connectivity index (χ0v) is 13.7. The Morgan fingerprint density at radius 1 is 0.833 bits per heavy atom. The minimum Gasteiger partial charge on any atom is -0.324 e. The van der Waals surface area contributed by atoms with E-state index in [1.54, 1.807) is 18.5 Å². The van der Waals surface area contributed by atoms with Gasteiger partial charge in [-0.2, -0.15) is 0 Å². The highest BCUT2D eigenvalue weighted by molar-refractivity contribution is 5.95. The van der Waals surface area contributed by atoms with Crippen molar-refractivity contribution in [2.75, 3.05) is 10.6 Å². The second-order valence-corrected chi connectivity index (χ2v) is 6.40. The summed E-state index contributed by atoms with van der Waals surface area (Å²) < 4.78 is 0. The van der Waals surface area contributed by atoms with Crippen molar-refractivity contribution < 1.29 is 9.59 Å². The Bertz CT molecular complexity index is 613. The van der Waals surface area contributed by atoms with Crippen molar-refractivity contribution >= 4 is 23.2 Å². The Morgan fingerprint density at radius 3 is 1.75 bits per heavy atom. The van der Waals surface area contributed by atoms with Crippen LogP contribution in [0, 0.1) is 11.8 Å². The number of carbonyl (C=O) groups excluding carboxylic acids is 2. The van der Waals surface area contributed by atoms with Crippen molar-refractivity contribution in [3.63, 3.8) is 0 Å². The number of anilines is 2. The Morgan fingerprint density at radius 2 is 1.33 bits per heavy atom. The van der Waals surface area contributed by atoms with E-state index >= 15 is 0 Å². The van der Waals surface area contributed by atoms with Gasteiger partial charge in [0.15, 0.2) is 0 Å². The largest absolute Gasteiger partial charge is 0.324 e. The summed E-state index contributed by atoms with van der Waals surface area (Å²) in [6.45, 7) is 0. The van der Waals surface area contributed by atoms with E-state index in [1.807, 2.05) is 0 Å². The summed E-state index contributed by atoms with van der Waals surface area (Å²) in [7, 11) is 0. The molecule has 24 heavy (non-hydrogen) atoms. The van der Waals surface area contributed by atoms with E-state index in [2.05, 4.69) is 39.9 Å². The van der Waals surface area contributed by atoms with E-state index in [9.17, 15) is 9.59 Å². The van der Waals surface area contributed by atoms with Gasteiger partial charge in [-0.05, 0) is 44.6 Å². The lowest BCUT2D eigenvalue weighted by Crippen LogP contribution is -2.24. The highest BCUT2D eigenvalue weighted by atomic mass is 16.2. The summed E-state index contributed by atoms with van der Waals surface area (Å²) in [5.41, 5.74) is 1.24. The van der Waals surface area contributed by atoms with Crippen LogP contribution in [0.15, 0.2) is 42.8 Å².